The molecule has 2 unspecified atom stereocenters. The van der Waals surface area contributed by atoms with E-state index in [9.17, 15) is 4.79 Å². The average Bonchev–Trinajstić information content (AvgIpc) is 2.32. The summed E-state index contributed by atoms with van der Waals surface area (Å²) >= 11 is 0. The minimum Gasteiger partial charge on any atom is -0.505 e. The Bertz CT molecular complexity index is 241. The van der Waals surface area contributed by atoms with Gasteiger partial charge in [0.15, 0.2) is 11.9 Å². The lowest BCUT2D eigenvalue weighted by Crippen LogP contribution is -2.35. The van der Waals surface area contributed by atoms with E-state index in [1.807, 2.05) is 0 Å². The van der Waals surface area contributed by atoms with E-state index >= 15 is 0 Å². The van der Waals surface area contributed by atoms with Gasteiger partial charge in [0.05, 0.1) is 0 Å². The van der Waals surface area contributed by atoms with Crippen LogP contribution in [-0.2, 0) is 9.53 Å². The number of rotatable bonds is 2. The van der Waals surface area contributed by atoms with Gasteiger partial charge >= 0.3 is 5.97 Å². The molecule has 0 saturated heterocycles. The van der Waals surface area contributed by atoms with Gasteiger partial charge in [0.1, 0.15) is 6.10 Å². The summed E-state index contributed by atoms with van der Waals surface area (Å²) in [6.45, 7) is -0.171. The fraction of sp³-hybridized carbons (Fsp3) is 0.500. The highest BCUT2D eigenvalue weighted by Gasteiger charge is 2.38. The molecule has 1 rings (SSSR count). The number of carbonyl (C=O) groups is 1. The normalized spacial score (nSPS) is 23.8. The van der Waals surface area contributed by atoms with Crippen LogP contribution in [0.25, 0.3) is 0 Å². The number of ether oxygens (including phenoxy) is 1. The third kappa shape index (κ3) is 2.03. The van der Waals surface area contributed by atoms with Gasteiger partial charge < -0.3 is 25.8 Å². The first-order valence-electron chi connectivity index (χ1n) is 3.29. The van der Waals surface area contributed by atoms with E-state index in [4.69, 9.17) is 21.1 Å². The number of nitrogens with two attached hydrogens (primary N) is 1. The third-order valence-electron chi connectivity index (χ3n) is 1.53. The first-order chi connectivity index (χ1) is 5.57. The van der Waals surface area contributed by atoms with Gasteiger partial charge in [0.2, 0.25) is 5.76 Å². The van der Waals surface area contributed by atoms with Crippen LogP contribution < -0.4 is 5.73 Å². The summed E-state index contributed by atoms with van der Waals surface area (Å²) in [6, 6.07) is 0. The van der Waals surface area contributed by atoms with Crippen molar-refractivity contribution < 1.29 is 24.9 Å². The number of hydrogen-bond acceptors (Lipinski definition) is 6. The van der Waals surface area contributed by atoms with Crippen LogP contribution in [0.2, 0.25) is 0 Å². The van der Waals surface area contributed by atoms with E-state index in [0.717, 1.165) is 0 Å². The Labute approximate surface area is 80.0 Å². The van der Waals surface area contributed by atoms with Crippen LogP contribution >= 0.6 is 12.4 Å². The third-order valence-corrected chi connectivity index (χ3v) is 1.53. The van der Waals surface area contributed by atoms with Crippen molar-refractivity contribution in [3.05, 3.63) is 11.5 Å². The molecule has 1 aliphatic rings. The largest absolute Gasteiger partial charge is 0.505 e. The molecule has 0 aromatic rings. The van der Waals surface area contributed by atoms with Crippen LogP contribution in [0.4, 0.5) is 0 Å². The molecule has 6 nitrogen and oxygen atoms in total. The highest BCUT2D eigenvalue weighted by molar-refractivity contribution is 5.89. The van der Waals surface area contributed by atoms with E-state index in [1.54, 1.807) is 0 Å². The van der Waals surface area contributed by atoms with Crippen molar-refractivity contribution in [1.82, 2.24) is 0 Å². The summed E-state index contributed by atoms with van der Waals surface area (Å²) in [5.41, 5.74) is 5.05. The minimum atomic E-state index is -1.23. The van der Waals surface area contributed by atoms with Crippen molar-refractivity contribution >= 4 is 18.4 Å². The number of hydrogen-bond donors (Lipinski definition) is 4. The molecule has 7 heteroatoms. The van der Waals surface area contributed by atoms with Gasteiger partial charge in [-0.2, -0.15) is 0 Å². The summed E-state index contributed by atoms with van der Waals surface area (Å²) < 4.78 is 4.40. The molecule has 0 amide bonds. The Morgan fingerprint density at radius 3 is 2.38 bits per heavy atom. The van der Waals surface area contributed by atoms with Crippen molar-refractivity contribution in [2.75, 3.05) is 6.54 Å². The predicted octanol–water partition coefficient (Wildman–Crippen LogP) is -1.02. The monoisotopic (exact) mass is 211 g/mol. The lowest BCUT2D eigenvalue weighted by atomic mass is 10.2. The van der Waals surface area contributed by atoms with Gasteiger partial charge in [-0.25, -0.2) is 4.79 Å². The average molecular weight is 212 g/mol. The molecule has 5 N–H and O–H groups in total. The minimum absolute atomic E-state index is 0. The quantitative estimate of drug-likeness (QED) is 0.435. The SMILES string of the molecule is Cl.NCC(O)C1OC(=O)C(O)=C1O. The number of carbonyl (C=O) groups excluding carboxylic acids is 1. The van der Waals surface area contributed by atoms with Gasteiger partial charge in [-0.3, -0.25) is 0 Å². The van der Waals surface area contributed by atoms with Crippen molar-refractivity contribution in [3.8, 4) is 0 Å². The van der Waals surface area contributed by atoms with Crippen molar-refractivity contribution in [3.63, 3.8) is 0 Å². The molecule has 76 valence electrons. The van der Waals surface area contributed by atoms with Gasteiger partial charge in [0.25, 0.3) is 0 Å². The maximum absolute atomic E-state index is 10.6. The molecule has 0 fully saturated rings. The fourth-order valence-electron chi connectivity index (χ4n) is 0.851. The molecule has 0 aromatic carbocycles. The lowest BCUT2D eigenvalue weighted by Gasteiger charge is -2.14. The first kappa shape index (κ1) is 12.0. The Kier molecular flexibility index (Phi) is 3.99. The van der Waals surface area contributed by atoms with E-state index in [-0.39, 0.29) is 19.0 Å². The molecule has 0 aromatic heterocycles. The molecule has 1 aliphatic heterocycles. The summed E-state index contributed by atoms with van der Waals surface area (Å²) in [7, 11) is 0. The zero-order valence-corrected chi connectivity index (χ0v) is 7.32. The second kappa shape index (κ2) is 4.31. The first-order valence-corrected chi connectivity index (χ1v) is 3.29. The van der Waals surface area contributed by atoms with E-state index < -0.39 is 29.7 Å². The lowest BCUT2D eigenvalue weighted by molar-refractivity contribution is -0.146. The summed E-state index contributed by atoms with van der Waals surface area (Å²) in [5, 5.41) is 26.8. The van der Waals surface area contributed by atoms with Crippen LogP contribution in [-0.4, -0.2) is 40.0 Å². The summed E-state index contributed by atoms with van der Waals surface area (Å²) in [4.78, 5) is 10.6. The second-order valence-electron chi connectivity index (χ2n) is 2.36. The molecule has 0 spiro atoms. The van der Waals surface area contributed by atoms with Crippen molar-refractivity contribution in [2.45, 2.75) is 12.2 Å². The number of aliphatic hydroxyl groups excluding tert-OH is 3. The second-order valence-corrected chi connectivity index (χ2v) is 2.36. The topological polar surface area (TPSA) is 113 Å². The van der Waals surface area contributed by atoms with Crippen LogP contribution in [0.15, 0.2) is 11.5 Å². The van der Waals surface area contributed by atoms with Crippen LogP contribution in [0.1, 0.15) is 0 Å². The number of esters is 1. The Morgan fingerprint density at radius 1 is 1.54 bits per heavy atom. The molecule has 0 saturated carbocycles. The molecular formula is C6H10ClNO5. The van der Waals surface area contributed by atoms with Gasteiger partial charge in [-0.05, 0) is 0 Å². The smallest absolute Gasteiger partial charge is 0.377 e. The highest BCUT2D eigenvalue weighted by atomic mass is 35.5. The molecule has 1 heterocycles. The predicted molar refractivity (Wildman–Crippen MR) is 44.5 cm³/mol. The Morgan fingerprint density at radius 2 is 2.08 bits per heavy atom. The Balaban J connectivity index is 0.00000144. The van der Waals surface area contributed by atoms with Gasteiger partial charge in [-0.1, -0.05) is 0 Å². The van der Waals surface area contributed by atoms with E-state index in [2.05, 4.69) is 4.74 Å². The zero-order valence-electron chi connectivity index (χ0n) is 6.51. The summed E-state index contributed by atoms with van der Waals surface area (Å²) in [6.07, 6.45) is -2.43. The zero-order chi connectivity index (χ0) is 9.30. The molecule has 13 heavy (non-hydrogen) atoms. The standard InChI is InChI=1S/C6H9NO5.ClH/c7-1-2(8)5-3(9)4(10)6(11)12-5;/h2,5,8-10H,1,7H2;1H. The highest BCUT2D eigenvalue weighted by Crippen LogP contribution is 2.20. The van der Waals surface area contributed by atoms with Crippen molar-refractivity contribution in [1.29, 1.82) is 0 Å². The number of cyclic esters (lactones) is 1. The molecular weight excluding hydrogens is 202 g/mol. The fourth-order valence-corrected chi connectivity index (χ4v) is 0.851. The van der Waals surface area contributed by atoms with E-state index in [1.165, 1.54) is 0 Å². The van der Waals surface area contributed by atoms with Crippen LogP contribution in [0, 0.1) is 0 Å². The van der Waals surface area contributed by atoms with Crippen molar-refractivity contribution in [2.24, 2.45) is 5.73 Å². The van der Waals surface area contributed by atoms with Crippen LogP contribution in [0.3, 0.4) is 0 Å². The van der Waals surface area contributed by atoms with E-state index in [0.29, 0.717) is 0 Å². The van der Waals surface area contributed by atoms with Gasteiger partial charge in [-0.15, -0.1) is 12.4 Å². The maximum atomic E-state index is 10.6. The molecule has 0 bridgehead atoms. The summed E-state index contributed by atoms with van der Waals surface area (Å²) in [5.74, 6) is -2.59. The van der Waals surface area contributed by atoms with Gasteiger partial charge in [0, 0.05) is 6.54 Å². The molecule has 0 aliphatic carbocycles. The molecule has 0 radical (unpaired) electrons. The number of aliphatic hydroxyl groups is 3. The Hall–Kier alpha value is -0.980. The number of halogens is 1. The molecule has 2 atom stereocenters. The maximum Gasteiger partial charge on any atom is 0.377 e. The van der Waals surface area contributed by atoms with Crippen LogP contribution in [0.5, 0.6) is 0 Å².